The van der Waals surface area contributed by atoms with Gasteiger partial charge in [0.1, 0.15) is 5.82 Å². The number of likely N-dealkylation sites (tertiary alicyclic amines) is 1. The molecule has 14 heteroatoms. The lowest BCUT2D eigenvalue weighted by Gasteiger charge is -2.37. The summed E-state index contributed by atoms with van der Waals surface area (Å²) in [5.41, 5.74) is -5.85. The Morgan fingerprint density at radius 3 is 2.38 bits per heavy atom. The van der Waals surface area contributed by atoms with E-state index in [0.717, 1.165) is 19.5 Å². The predicted molar refractivity (Wildman–Crippen MR) is 112 cm³/mol. The molecule has 1 N–H and O–H groups in total. The summed E-state index contributed by atoms with van der Waals surface area (Å²) in [5, 5.41) is 0. The fourth-order valence-corrected chi connectivity index (χ4v) is 5.43. The number of sulfonamides is 1. The van der Waals surface area contributed by atoms with Gasteiger partial charge in [-0.25, -0.2) is 32.3 Å². The maximum atomic E-state index is 13.1. The molecule has 1 aliphatic carbocycles. The number of nitrogens with one attached hydrogen (secondary N) is 1. The zero-order chi connectivity index (χ0) is 25.3. The van der Waals surface area contributed by atoms with Crippen molar-refractivity contribution in [2.24, 2.45) is 0 Å². The second-order valence-electron chi connectivity index (χ2n) is 9.02. The molecule has 0 bridgehead atoms. The molecular weight excluding hydrogens is 484 g/mol. The van der Waals surface area contributed by atoms with Crippen molar-refractivity contribution in [1.29, 1.82) is 0 Å². The molecule has 1 aromatic heterocycles. The van der Waals surface area contributed by atoms with Gasteiger partial charge < -0.3 is 9.47 Å². The lowest BCUT2D eigenvalue weighted by molar-refractivity contribution is -0.0457. The third kappa shape index (κ3) is 5.60. The van der Waals surface area contributed by atoms with Gasteiger partial charge in [0.25, 0.3) is 0 Å². The molecule has 0 spiro atoms. The molecule has 2 heterocycles. The number of carbonyl (C=O) groups excluding carboxylic acids is 1. The number of aromatic nitrogens is 2. The SMILES string of the molecule is COC(=O)N1[C@H](C)C[C@H](NS(=O)(=O)C(F)(F)F)[C@@H]1COC1CCC(C)(c2ncc(F)cn2)CC1. The summed E-state index contributed by atoms with van der Waals surface area (Å²) in [6.07, 6.45) is 3.59. The van der Waals surface area contributed by atoms with Crippen LogP contribution in [0.4, 0.5) is 22.4 Å². The summed E-state index contributed by atoms with van der Waals surface area (Å²) in [7, 11) is -4.47. The predicted octanol–water partition coefficient (Wildman–Crippen LogP) is 2.87. The van der Waals surface area contributed by atoms with Gasteiger partial charge >= 0.3 is 21.6 Å². The number of amides is 1. The number of ether oxygens (including phenoxy) is 2. The van der Waals surface area contributed by atoms with E-state index < -0.39 is 45.6 Å². The van der Waals surface area contributed by atoms with Gasteiger partial charge in [-0.2, -0.15) is 13.2 Å². The molecule has 9 nitrogen and oxygen atoms in total. The van der Waals surface area contributed by atoms with E-state index in [9.17, 15) is 30.8 Å². The molecule has 2 fully saturated rings. The van der Waals surface area contributed by atoms with Gasteiger partial charge in [0.15, 0.2) is 5.82 Å². The molecule has 34 heavy (non-hydrogen) atoms. The van der Waals surface area contributed by atoms with E-state index in [1.54, 1.807) is 11.6 Å². The van der Waals surface area contributed by atoms with E-state index in [1.807, 2.05) is 6.92 Å². The molecule has 0 unspecified atom stereocenters. The Morgan fingerprint density at radius 2 is 1.85 bits per heavy atom. The van der Waals surface area contributed by atoms with Crippen LogP contribution in [0.1, 0.15) is 51.8 Å². The smallest absolute Gasteiger partial charge is 0.453 e. The standard InChI is InChI=1S/C20H28F4N4O5S/c1-12-8-15(27-34(30,31)20(22,23)24)16(28(12)18(29)32-3)11-33-14-4-6-19(2,7-5-14)17-25-9-13(21)10-26-17/h9-10,12,14-16,27H,4-8,11H2,1-3H3/t12-,14?,15+,16+,19?/m1/s1. The highest BCUT2D eigenvalue weighted by molar-refractivity contribution is 7.90. The topological polar surface area (TPSA) is 111 Å². The molecule has 0 radical (unpaired) electrons. The first-order valence-electron chi connectivity index (χ1n) is 10.8. The highest BCUT2D eigenvalue weighted by atomic mass is 32.2. The fourth-order valence-electron chi connectivity index (χ4n) is 4.65. The largest absolute Gasteiger partial charge is 0.511 e. The highest BCUT2D eigenvalue weighted by Crippen LogP contribution is 2.38. The molecule has 1 saturated carbocycles. The lowest BCUT2D eigenvalue weighted by atomic mass is 9.74. The lowest BCUT2D eigenvalue weighted by Crippen LogP contribution is -2.52. The third-order valence-corrected chi connectivity index (χ3v) is 7.81. The van der Waals surface area contributed by atoms with Crippen LogP contribution in [0.3, 0.4) is 0 Å². The van der Waals surface area contributed by atoms with Crippen LogP contribution in [0.2, 0.25) is 0 Å². The van der Waals surface area contributed by atoms with Gasteiger partial charge in [0, 0.05) is 17.5 Å². The van der Waals surface area contributed by atoms with Gasteiger partial charge in [-0.05, 0) is 39.0 Å². The number of nitrogens with zero attached hydrogens (tertiary/aromatic N) is 3. The second-order valence-corrected chi connectivity index (χ2v) is 10.7. The average molecular weight is 513 g/mol. The van der Waals surface area contributed by atoms with Crippen LogP contribution >= 0.6 is 0 Å². The van der Waals surface area contributed by atoms with Gasteiger partial charge in [-0.3, -0.25) is 4.90 Å². The Bertz CT molecular complexity index is 968. The van der Waals surface area contributed by atoms with Crippen LogP contribution in [0.15, 0.2) is 12.4 Å². The number of rotatable bonds is 6. The molecule has 2 aliphatic rings. The van der Waals surface area contributed by atoms with Crippen LogP contribution in [-0.2, 0) is 24.9 Å². The number of carbonyl (C=O) groups is 1. The summed E-state index contributed by atoms with van der Waals surface area (Å²) < 4.78 is 87.7. The number of methoxy groups -OCH3 is 1. The maximum absolute atomic E-state index is 13.1. The first-order valence-corrected chi connectivity index (χ1v) is 12.3. The van der Waals surface area contributed by atoms with Crippen molar-refractivity contribution >= 4 is 16.1 Å². The van der Waals surface area contributed by atoms with Crippen LogP contribution in [-0.4, -0.2) is 72.8 Å². The number of hydrogen-bond acceptors (Lipinski definition) is 7. The minimum absolute atomic E-state index is 0.0247. The van der Waals surface area contributed by atoms with Crippen molar-refractivity contribution in [2.75, 3.05) is 13.7 Å². The Kier molecular flexibility index (Phi) is 7.73. The normalized spacial score (nSPS) is 30.4. The zero-order valence-electron chi connectivity index (χ0n) is 19.0. The Hall–Kier alpha value is -2.06. The minimum atomic E-state index is -5.61. The first kappa shape index (κ1) is 26.5. The first-order chi connectivity index (χ1) is 15.8. The highest BCUT2D eigenvalue weighted by Gasteiger charge is 2.51. The van der Waals surface area contributed by atoms with Gasteiger partial charge in [0.2, 0.25) is 0 Å². The molecule has 1 aromatic rings. The van der Waals surface area contributed by atoms with E-state index in [1.165, 1.54) is 4.90 Å². The monoisotopic (exact) mass is 512 g/mol. The summed E-state index contributed by atoms with van der Waals surface area (Å²) in [6.45, 7) is 3.40. The van der Waals surface area contributed by atoms with Crippen LogP contribution in [0.25, 0.3) is 0 Å². The Balaban J connectivity index is 1.67. The molecule has 1 aliphatic heterocycles. The summed E-state index contributed by atoms with van der Waals surface area (Å²) in [6, 6.07) is -2.73. The summed E-state index contributed by atoms with van der Waals surface area (Å²) >= 11 is 0. The maximum Gasteiger partial charge on any atom is 0.511 e. The minimum Gasteiger partial charge on any atom is -0.453 e. The van der Waals surface area contributed by atoms with Gasteiger partial charge in [-0.15, -0.1) is 0 Å². The summed E-state index contributed by atoms with van der Waals surface area (Å²) in [5.74, 6) is -0.00326. The molecule has 1 amide bonds. The summed E-state index contributed by atoms with van der Waals surface area (Å²) in [4.78, 5) is 21.6. The Labute approximate surface area is 195 Å². The third-order valence-electron chi connectivity index (χ3n) is 6.59. The quantitative estimate of drug-likeness (QED) is 0.584. The van der Waals surface area contributed by atoms with Crippen molar-refractivity contribution in [1.82, 2.24) is 19.6 Å². The van der Waals surface area contributed by atoms with Gasteiger partial charge in [-0.1, -0.05) is 6.92 Å². The molecule has 3 rings (SSSR count). The number of alkyl halides is 3. The van der Waals surface area contributed by atoms with Crippen molar-refractivity contribution in [2.45, 2.75) is 81.1 Å². The van der Waals surface area contributed by atoms with Crippen molar-refractivity contribution in [3.63, 3.8) is 0 Å². The van der Waals surface area contributed by atoms with Crippen LogP contribution in [0, 0.1) is 5.82 Å². The number of halogens is 4. The molecule has 3 atom stereocenters. The molecule has 0 aromatic carbocycles. The second kappa shape index (κ2) is 9.90. The van der Waals surface area contributed by atoms with Crippen molar-refractivity contribution in [3.05, 3.63) is 24.0 Å². The van der Waals surface area contributed by atoms with Crippen molar-refractivity contribution in [3.8, 4) is 0 Å². The van der Waals surface area contributed by atoms with E-state index in [-0.39, 0.29) is 24.5 Å². The van der Waals surface area contributed by atoms with Gasteiger partial charge in [0.05, 0.1) is 38.3 Å². The van der Waals surface area contributed by atoms with Crippen molar-refractivity contribution < 1.29 is 40.2 Å². The fraction of sp³-hybridized carbons (Fsp3) is 0.750. The van der Waals surface area contributed by atoms with E-state index >= 15 is 0 Å². The molecule has 1 saturated heterocycles. The van der Waals surface area contributed by atoms with Crippen LogP contribution < -0.4 is 4.72 Å². The number of hydrogen-bond donors (Lipinski definition) is 1. The molecular formula is C20H28F4N4O5S. The average Bonchev–Trinajstić information content (AvgIpc) is 3.06. The Morgan fingerprint density at radius 1 is 1.26 bits per heavy atom. The van der Waals surface area contributed by atoms with E-state index in [4.69, 9.17) is 9.47 Å². The zero-order valence-corrected chi connectivity index (χ0v) is 19.8. The van der Waals surface area contributed by atoms with E-state index in [0.29, 0.717) is 31.5 Å². The molecule has 192 valence electrons. The van der Waals surface area contributed by atoms with E-state index in [2.05, 4.69) is 9.97 Å². The van der Waals surface area contributed by atoms with Crippen LogP contribution in [0.5, 0.6) is 0 Å².